The normalized spacial score (nSPS) is 17.9. The van der Waals surface area contributed by atoms with Crippen molar-refractivity contribution in [2.75, 3.05) is 4.90 Å². The van der Waals surface area contributed by atoms with Crippen LogP contribution in [0.15, 0.2) is 54.6 Å². The van der Waals surface area contributed by atoms with Gasteiger partial charge in [-0.15, -0.1) is 0 Å². The van der Waals surface area contributed by atoms with Crippen LogP contribution in [0.1, 0.15) is 24.2 Å². The van der Waals surface area contributed by atoms with Crippen LogP contribution in [0.25, 0.3) is 0 Å². The molecular weight excluding hydrogens is 250 g/mol. The number of hydrogen-bond donors (Lipinski definition) is 0. The summed E-state index contributed by atoms with van der Waals surface area (Å²) in [4.78, 5) is 14.2. The Balaban J connectivity index is 2.16. The van der Waals surface area contributed by atoms with Gasteiger partial charge in [-0.05, 0) is 24.3 Å². The van der Waals surface area contributed by atoms with Crippen LogP contribution in [-0.2, 0) is 4.74 Å². The average Bonchev–Trinajstić information content (AvgIpc) is 2.48. The summed E-state index contributed by atoms with van der Waals surface area (Å²) in [6.45, 7) is 4.11. The van der Waals surface area contributed by atoms with Crippen molar-refractivity contribution in [3.8, 4) is 0 Å². The molecule has 0 amide bonds. The first-order valence-corrected chi connectivity index (χ1v) is 6.83. The largest absolute Gasteiger partial charge is 0.437 e. The summed E-state index contributed by atoms with van der Waals surface area (Å²) >= 11 is 0. The molecule has 3 rings (SSSR count). The van der Waals surface area contributed by atoms with Crippen LogP contribution in [0.4, 0.5) is 11.4 Å². The zero-order chi connectivity index (χ0) is 14.1. The number of nitrogens with zero attached hydrogens (tertiary/aromatic N) is 1. The SMILES string of the molecule is CC(C)[C@@H]1OC(=O)c2ccccc2N1c1ccccc1. The van der Waals surface area contributed by atoms with Crippen molar-refractivity contribution in [2.45, 2.75) is 20.1 Å². The highest BCUT2D eigenvalue weighted by molar-refractivity contribution is 5.99. The smallest absolute Gasteiger partial charge is 0.342 e. The van der Waals surface area contributed by atoms with E-state index in [9.17, 15) is 4.79 Å². The highest BCUT2D eigenvalue weighted by Gasteiger charge is 2.35. The molecule has 1 atom stereocenters. The Hall–Kier alpha value is -2.29. The van der Waals surface area contributed by atoms with Gasteiger partial charge in [0.05, 0.1) is 11.3 Å². The zero-order valence-electron chi connectivity index (χ0n) is 11.6. The van der Waals surface area contributed by atoms with E-state index < -0.39 is 0 Å². The van der Waals surface area contributed by atoms with Crippen LogP contribution in [-0.4, -0.2) is 12.2 Å². The maximum absolute atomic E-state index is 12.1. The average molecular weight is 267 g/mol. The van der Waals surface area contributed by atoms with Crippen LogP contribution >= 0.6 is 0 Å². The molecule has 3 nitrogen and oxygen atoms in total. The molecular formula is C17H17NO2. The second-order valence-corrected chi connectivity index (χ2v) is 5.26. The first-order valence-electron chi connectivity index (χ1n) is 6.83. The van der Waals surface area contributed by atoms with Gasteiger partial charge in [-0.2, -0.15) is 0 Å². The number of carbonyl (C=O) groups is 1. The Kier molecular flexibility index (Phi) is 3.18. The van der Waals surface area contributed by atoms with Gasteiger partial charge in [0.25, 0.3) is 0 Å². The van der Waals surface area contributed by atoms with Crippen molar-refractivity contribution in [3.63, 3.8) is 0 Å². The van der Waals surface area contributed by atoms with Crippen LogP contribution in [0.5, 0.6) is 0 Å². The van der Waals surface area contributed by atoms with E-state index in [-0.39, 0.29) is 18.1 Å². The summed E-state index contributed by atoms with van der Waals surface area (Å²) in [6, 6.07) is 17.6. The summed E-state index contributed by atoms with van der Waals surface area (Å²) in [5.74, 6) is -0.0426. The highest BCUT2D eigenvalue weighted by atomic mass is 16.6. The lowest BCUT2D eigenvalue weighted by Gasteiger charge is -2.39. The zero-order valence-corrected chi connectivity index (χ0v) is 11.6. The second kappa shape index (κ2) is 5.00. The number of cyclic esters (lactones) is 1. The quantitative estimate of drug-likeness (QED) is 0.771. The van der Waals surface area contributed by atoms with E-state index in [2.05, 4.69) is 18.7 Å². The minimum atomic E-state index is -0.278. The molecule has 20 heavy (non-hydrogen) atoms. The van der Waals surface area contributed by atoms with E-state index in [0.717, 1.165) is 11.4 Å². The number of rotatable bonds is 2. The second-order valence-electron chi connectivity index (χ2n) is 5.26. The van der Waals surface area contributed by atoms with E-state index in [4.69, 9.17) is 4.74 Å². The summed E-state index contributed by atoms with van der Waals surface area (Å²) in [5, 5.41) is 0. The number of benzene rings is 2. The molecule has 0 unspecified atom stereocenters. The molecule has 3 heteroatoms. The van der Waals surface area contributed by atoms with Gasteiger partial charge >= 0.3 is 5.97 Å². The van der Waals surface area contributed by atoms with Gasteiger partial charge in [0.15, 0.2) is 6.23 Å². The molecule has 102 valence electrons. The third-order valence-electron chi connectivity index (χ3n) is 3.47. The predicted molar refractivity (Wildman–Crippen MR) is 79.1 cm³/mol. The number of hydrogen-bond acceptors (Lipinski definition) is 3. The Morgan fingerprint density at radius 2 is 1.65 bits per heavy atom. The Morgan fingerprint density at radius 3 is 2.35 bits per heavy atom. The van der Waals surface area contributed by atoms with Gasteiger partial charge in [-0.25, -0.2) is 4.79 Å². The van der Waals surface area contributed by atoms with Crippen LogP contribution < -0.4 is 4.90 Å². The lowest BCUT2D eigenvalue weighted by molar-refractivity contribution is 0.0166. The molecule has 1 aliphatic rings. The van der Waals surface area contributed by atoms with E-state index in [1.54, 1.807) is 0 Å². The van der Waals surface area contributed by atoms with Crippen LogP contribution in [0.2, 0.25) is 0 Å². The number of carbonyl (C=O) groups excluding carboxylic acids is 1. The summed E-state index contributed by atoms with van der Waals surface area (Å²) in [6.07, 6.45) is -0.278. The minimum absolute atomic E-state index is 0.201. The molecule has 0 aliphatic carbocycles. The molecule has 0 bridgehead atoms. The van der Waals surface area contributed by atoms with Gasteiger partial charge in [0.2, 0.25) is 0 Å². The maximum atomic E-state index is 12.1. The molecule has 0 aromatic heterocycles. The van der Waals surface area contributed by atoms with E-state index in [1.165, 1.54) is 0 Å². The first kappa shape index (κ1) is 12.7. The lowest BCUT2D eigenvalue weighted by Crippen LogP contribution is -2.43. The fourth-order valence-corrected chi connectivity index (χ4v) is 2.53. The highest BCUT2D eigenvalue weighted by Crippen LogP contribution is 2.37. The first-order chi connectivity index (χ1) is 9.68. The molecule has 0 fully saturated rings. The third-order valence-corrected chi connectivity index (χ3v) is 3.47. The molecule has 0 saturated carbocycles. The molecule has 1 aliphatic heterocycles. The Bertz CT molecular complexity index is 622. The fraction of sp³-hybridized carbons (Fsp3) is 0.235. The van der Waals surface area contributed by atoms with Crippen molar-refractivity contribution >= 4 is 17.3 Å². The monoisotopic (exact) mass is 267 g/mol. The maximum Gasteiger partial charge on any atom is 0.342 e. The van der Waals surface area contributed by atoms with E-state index in [1.807, 2.05) is 54.6 Å². The van der Waals surface area contributed by atoms with Crippen molar-refractivity contribution < 1.29 is 9.53 Å². The van der Waals surface area contributed by atoms with Crippen molar-refractivity contribution in [1.29, 1.82) is 0 Å². The molecule has 0 radical (unpaired) electrons. The molecule has 2 aromatic rings. The summed E-state index contributed by atoms with van der Waals surface area (Å²) in [5.41, 5.74) is 2.56. The van der Waals surface area contributed by atoms with Gasteiger partial charge in [-0.1, -0.05) is 44.2 Å². The van der Waals surface area contributed by atoms with Gasteiger partial charge < -0.3 is 9.64 Å². The lowest BCUT2D eigenvalue weighted by atomic mass is 10.0. The summed E-state index contributed by atoms with van der Waals surface area (Å²) < 4.78 is 5.63. The van der Waals surface area contributed by atoms with E-state index in [0.29, 0.717) is 5.56 Å². The number of fused-ring (bicyclic) bond motifs is 1. The van der Waals surface area contributed by atoms with Gasteiger partial charge in [-0.3, -0.25) is 0 Å². The summed E-state index contributed by atoms with van der Waals surface area (Å²) in [7, 11) is 0. The van der Waals surface area contributed by atoms with Crippen LogP contribution in [0.3, 0.4) is 0 Å². The number of anilines is 2. The molecule has 0 N–H and O–H groups in total. The van der Waals surface area contributed by atoms with Crippen molar-refractivity contribution in [3.05, 3.63) is 60.2 Å². The predicted octanol–water partition coefficient (Wildman–Crippen LogP) is 3.98. The Morgan fingerprint density at radius 1 is 1.00 bits per heavy atom. The molecule has 1 heterocycles. The van der Waals surface area contributed by atoms with E-state index >= 15 is 0 Å². The molecule has 0 saturated heterocycles. The van der Waals surface area contributed by atoms with Gasteiger partial charge in [0.1, 0.15) is 0 Å². The third kappa shape index (κ3) is 2.05. The number of para-hydroxylation sites is 2. The topological polar surface area (TPSA) is 29.5 Å². The number of ether oxygens (including phenoxy) is 1. The van der Waals surface area contributed by atoms with Crippen molar-refractivity contribution in [1.82, 2.24) is 0 Å². The standard InChI is InChI=1S/C17H17NO2/c1-12(2)16-18(13-8-4-3-5-9-13)15-11-7-6-10-14(15)17(19)20-16/h3-12,16H,1-2H3/t16-/m0/s1. The Labute approximate surface area is 118 Å². The fourth-order valence-electron chi connectivity index (χ4n) is 2.53. The number of esters is 1. The van der Waals surface area contributed by atoms with Crippen LogP contribution in [0, 0.1) is 5.92 Å². The minimum Gasteiger partial charge on any atom is -0.437 e. The molecule has 2 aromatic carbocycles. The van der Waals surface area contributed by atoms with Gasteiger partial charge in [0, 0.05) is 11.6 Å². The molecule has 0 spiro atoms. The van der Waals surface area contributed by atoms with Crippen molar-refractivity contribution in [2.24, 2.45) is 5.92 Å².